The predicted molar refractivity (Wildman–Crippen MR) is 71.9 cm³/mol. The molecular formula is C14H24N2O. The van der Waals surface area contributed by atoms with Gasteiger partial charge in [-0.2, -0.15) is 0 Å². The molecule has 0 amide bonds. The lowest BCUT2D eigenvalue weighted by molar-refractivity contribution is 0.402. The Balaban J connectivity index is 2.85. The lowest BCUT2D eigenvalue weighted by atomic mass is 9.94. The molecular weight excluding hydrogens is 212 g/mol. The van der Waals surface area contributed by atoms with E-state index in [1.807, 2.05) is 6.07 Å². The fourth-order valence-corrected chi connectivity index (χ4v) is 1.99. The molecule has 0 aromatic heterocycles. The molecule has 1 aromatic carbocycles. The van der Waals surface area contributed by atoms with Gasteiger partial charge in [0.15, 0.2) is 0 Å². The van der Waals surface area contributed by atoms with Crippen LogP contribution in [0.4, 0.5) is 0 Å². The van der Waals surface area contributed by atoms with Crippen molar-refractivity contribution in [2.24, 2.45) is 11.8 Å². The molecule has 0 bridgehead atoms. The highest BCUT2D eigenvalue weighted by Gasteiger charge is 2.14. The summed E-state index contributed by atoms with van der Waals surface area (Å²) in [5, 5.41) is 0. The van der Waals surface area contributed by atoms with Crippen molar-refractivity contribution in [3.63, 3.8) is 0 Å². The highest BCUT2D eigenvalue weighted by Crippen LogP contribution is 2.26. The summed E-state index contributed by atoms with van der Waals surface area (Å²) in [4.78, 5) is 0. The number of nitrogens with two attached hydrogens (primary N) is 1. The van der Waals surface area contributed by atoms with Gasteiger partial charge in [-0.25, -0.2) is 0 Å². The normalized spacial score (nSPS) is 14.4. The number of hydrazine groups is 1. The molecule has 96 valence electrons. The molecule has 17 heavy (non-hydrogen) atoms. The van der Waals surface area contributed by atoms with Crippen LogP contribution in [0.3, 0.4) is 0 Å². The Bertz CT molecular complexity index is 352. The van der Waals surface area contributed by atoms with Gasteiger partial charge >= 0.3 is 0 Å². The molecule has 0 heterocycles. The number of benzene rings is 1. The Hall–Kier alpha value is -1.06. The van der Waals surface area contributed by atoms with E-state index in [-0.39, 0.29) is 6.04 Å². The molecule has 0 aliphatic carbocycles. The Morgan fingerprint density at radius 3 is 2.59 bits per heavy atom. The Morgan fingerprint density at radius 1 is 1.41 bits per heavy atom. The van der Waals surface area contributed by atoms with E-state index in [2.05, 4.69) is 38.3 Å². The first-order valence-electron chi connectivity index (χ1n) is 6.23. The number of nitrogens with one attached hydrogen (secondary N) is 1. The zero-order chi connectivity index (χ0) is 12.8. The average molecular weight is 236 g/mol. The van der Waals surface area contributed by atoms with Crippen LogP contribution in [0.2, 0.25) is 0 Å². The molecule has 3 N–H and O–H groups in total. The van der Waals surface area contributed by atoms with Crippen molar-refractivity contribution in [1.29, 1.82) is 0 Å². The predicted octanol–water partition coefficient (Wildman–Crippen LogP) is 2.94. The Kier molecular flexibility index (Phi) is 5.45. The average Bonchev–Trinajstić information content (AvgIpc) is 2.35. The lowest BCUT2D eigenvalue weighted by Gasteiger charge is -2.20. The number of hydrogen-bond acceptors (Lipinski definition) is 3. The Labute approximate surface area is 104 Å². The summed E-state index contributed by atoms with van der Waals surface area (Å²) in [6.07, 6.45) is 2.23. The number of ether oxygens (including phenoxy) is 1. The zero-order valence-corrected chi connectivity index (χ0v) is 11.3. The molecule has 3 heteroatoms. The maximum Gasteiger partial charge on any atom is 0.121 e. The van der Waals surface area contributed by atoms with E-state index >= 15 is 0 Å². The molecule has 0 fully saturated rings. The highest BCUT2D eigenvalue weighted by molar-refractivity contribution is 5.37. The Morgan fingerprint density at radius 2 is 2.12 bits per heavy atom. The van der Waals surface area contributed by atoms with Gasteiger partial charge in [0.25, 0.3) is 0 Å². The molecule has 2 unspecified atom stereocenters. The topological polar surface area (TPSA) is 47.3 Å². The van der Waals surface area contributed by atoms with Crippen LogP contribution in [0.15, 0.2) is 18.2 Å². The van der Waals surface area contributed by atoms with Crippen LogP contribution in [-0.4, -0.2) is 7.11 Å². The van der Waals surface area contributed by atoms with Gasteiger partial charge in [-0.15, -0.1) is 0 Å². The van der Waals surface area contributed by atoms with Crippen LogP contribution in [0, 0.1) is 12.8 Å². The van der Waals surface area contributed by atoms with Crippen molar-refractivity contribution in [3.8, 4) is 5.75 Å². The molecule has 0 saturated carbocycles. The lowest BCUT2D eigenvalue weighted by Crippen LogP contribution is -2.29. The molecule has 0 aliphatic rings. The first kappa shape index (κ1) is 14.0. The SMILES string of the molecule is CCC(C)CC(NN)c1ccc(OC)c(C)c1. The van der Waals surface area contributed by atoms with Gasteiger partial charge in [0.2, 0.25) is 0 Å². The molecule has 0 aliphatic heterocycles. The van der Waals surface area contributed by atoms with E-state index < -0.39 is 0 Å². The summed E-state index contributed by atoms with van der Waals surface area (Å²) in [5.41, 5.74) is 5.28. The maximum atomic E-state index is 5.65. The number of rotatable bonds is 6. The zero-order valence-electron chi connectivity index (χ0n) is 11.3. The third kappa shape index (κ3) is 3.72. The summed E-state index contributed by atoms with van der Waals surface area (Å²) in [6.45, 7) is 6.51. The number of methoxy groups -OCH3 is 1. The minimum absolute atomic E-state index is 0.217. The molecule has 1 rings (SSSR count). The van der Waals surface area contributed by atoms with Crippen LogP contribution < -0.4 is 16.0 Å². The molecule has 3 nitrogen and oxygen atoms in total. The van der Waals surface area contributed by atoms with Gasteiger partial charge in [-0.3, -0.25) is 11.3 Å². The molecule has 0 radical (unpaired) electrons. The van der Waals surface area contributed by atoms with E-state index in [4.69, 9.17) is 10.6 Å². The summed E-state index contributed by atoms with van der Waals surface area (Å²) in [7, 11) is 1.69. The van der Waals surface area contributed by atoms with Crippen molar-refractivity contribution < 1.29 is 4.74 Å². The van der Waals surface area contributed by atoms with E-state index in [1.54, 1.807) is 7.11 Å². The van der Waals surface area contributed by atoms with Crippen molar-refractivity contribution >= 4 is 0 Å². The second kappa shape index (κ2) is 6.62. The van der Waals surface area contributed by atoms with E-state index in [0.717, 1.165) is 17.7 Å². The highest BCUT2D eigenvalue weighted by atomic mass is 16.5. The van der Waals surface area contributed by atoms with Gasteiger partial charge < -0.3 is 4.74 Å². The largest absolute Gasteiger partial charge is 0.496 e. The van der Waals surface area contributed by atoms with E-state index in [0.29, 0.717) is 5.92 Å². The third-order valence-electron chi connectivity index (χ3n) is 3.36. The van der Waals surface area contributed by atoms with Crippen molar-refractivity contribution in [2.75, 3.05) is 7.11 Å². The number of aryl methyl sites for hydroxylation is 1. The molecule has 1 aromatic rings. The van der Waals surface area contributed by atoms with Gasteiger partial charge in [0, 0.05) is 6.04 Å². The maximum absolute atomic E-state index is 5.65. The van der Waals surface area contributed by atoms with Gasteiger partial charge in [0.05, 0.1) is 7.11 Å². The van der Waals surface area contributed by atoms with Gasteiger partial charge in [0.1, 0.15) is 5.75 Å². The van der Waals surface area contributed by atoms with Crippen LogP contribution in [-0.2, 0) is 0 Å². The fraction of sp³-hybridized carbons (Fsp3) is 0.571. The summed E-state index contributed by atoms with van der Waals surface area (Å²) >= 11 is 0. The summed E-state index contributed by atoms with van der Waals surface area (Å²) < 4.78 is 5.26. The smallest absolute Gasteiger partial charge is 0.121 e. The standard InChI is InChI=1S/C14H24N2O/c1-5-10(2)8-13(16-15)12-6-7-14(17-4)11(3)9-12/h6-7,9-10,13,16H,5,8,15H2,1-4H3. The fourth-order valence-electron chi connectivity index (χ4n) is 1.99. The summed E-state index contributed by atoms with van der Waals surface area (Å²) in [5.74, 6) is 7.24. The van der Waals surface area contributed by atoms with Crippen molar-refractivity contribution in [2.45, 2.75) is 39.7 Å². The number of hydrogen-bond donors (Lipinski definition) is 2. The summed E-state index contributed by atoms with van der Waals surface area (Å²) in [6, 6.07) is 6.45. The third-order valence-corrected chi connectivity index (χ3v) is 3.36. The quantitative estimate of drug-likeness (QED) is 0.589. The van der Waals surface area contributed by atoms with Crippen molar-refractivity contribution in [1.82, 2.24) is 5.43 Å². The first-order chi connectivity index (χ1) is 8.12. The molecule has 0 spiro atoms. The monoisotopic (exact) mass is 236 g/mol. The molecule has 0 saturated heterocycles. The van der Waals surface area contributed by atoms with Crippen LogP contribution in [0.1, 0.15) is 43.9 Å². The van der Waals surface area contributed by atoms with Crippen LogP contribution in [0.25, 0.3) is 0 Å². The van der Waals surface area contributed by atoms with Crippen LogP contribution >= 0.6 is 0 Å². The molecule has 2 atom stereocenters. The van der Waals surface area contributed by atoms with Gasteiger partial charge in [-0.1, -0.05) is 32.4 Å². The van der Waals surface area contributed by atoms with E-state index in [9.17, 15) is 0 Å². The van der Waals surface area contributed by atoms with E-state index in [1.165, 1.54) is 12.0 Å². The first-order valence-corrected chi connectivity index (χ1v) is 6.23. The van der Waals surface area contributed by atoms with Crippen LogP contribution in [0.5, 0.6) is 5.75 Å². The van der Waals surface area contributed by atoms with Gasteiger partial charge in [-0.05, 0) is 36.5 Å². The minimum Gasteiger partial charge on any atom is -0.496 e. The second-order valence-electron chi connectivity index (χ2n) is 4.70. The minimum atomic E-state index is 0.217. The van der Waals surface area contributed by atoms with Crippen molar-refractivity contribution in [3.05, 3.63) is 29.3 Å². The second-order valence-corrected chi connectivity index (χ2v) is 4.70.